The van der Waals surface area contributed by atoms with E-state index < -0.39 is 47.2 Å². The lowest BCUT2D eigenvalue weighted by atomic mass is 10.0. The fourth-order valence-electron chi connectivity index (χ4n) is 5.36. The van der Waals surface area contributed by atoms with Gasteiger partial charge in [-0.3, -0.25) is 18.9 Å². The molecule has 3 N–H and O–H groups in total. The van der Waals surface area contributed by atoms with Crippen molar-refractivity contribution in [2.24, 2.45) is 0 Å². The molecule has 1 aromatic carbocycles. The number of aliphatic hydroxyl groups is 1. The predicted octanol–water partition coefficient (Wildman–Crippen LogP) is 3.23. The van der Waals surface area contributed by atoms with Crippen LogP contribution in [0, 0.1) is 0 Å². The van der Waals surface area contributed by atoms with Crippen molar-refractivity contribution in [3.8, 4) is 5.75 Å². The van der Waals surface area contributed by atoms with E-state index in [1.165, 1.54) is 34.4 Å². The molecule has 0 bridgehead atoms. The Morgan fingerprint density at radius 2 is 1.94 bits per heavy atom. The monoisotopic (exact) mass is 713 g/mol. The number of carbonyl (C=O) groups excluding carboxylic acids is 1. The number of rotatable bonds is 14. The minimum atomic E-state index is -4.22. The normalized spacial score (nSPS) is 25.1. The topological polar surface area (TPSA) is 196 Å². The van der Waals surface area contributed by atoms with Crippen LogP contribution in [0.5, 0.6) is 5.75 Å². The molecular weight excluding hydrogens is 677 g/mol. The van der Waals surface area contributed by atoms with E-state index in [0.29, 0.717) is 29.0 Å². The van der Waals surface area contributed by atoms with Gasteiger partial charge in [0.1, 0.15) is 23.2 Å². The number of imidazole rings is 1. The Kier molecular flexibility index (Phi) is 9.06. The largest absolute Gasteiger partial charge is 0.462 e. The maximum atomic E-state index is 14.2. The molecule has 4 atom stereocenters. The highest BCUT2D eigenvalue weighted by Gasteiger charge is 2.57. The maximum Gasteiger partial charge on any atom is 0.459 e. The number of benzene rings is 1. The summed E-state index contributed by atoms with van der Waals surface area (Å²) in [6, 6.07) is 6.09. The van der Waals surface area contributed by atoms with Gasteiger partial charge in [-0.1, -0.05) is 11.6 Å². The van der Waals surface area contributed by atoms with Gasteiger partial charge in [0.25, 0.3) is 0 Å². The van der Waals surface area contributed by atoms with Crippen molar-refractivity contribution in [3.63, 3.8) is 0 Å². The van der Waals surface area contributed by atoms with Crippen molar-refractivity contribution in [2.75, 3.05) is 17.9 Å². The van der Waals surface area contributed by atoms with Crippen molar-refractivity contribution in [3.05, 3.63) is 41.9 Å². The number of esters is 1. The van der Waals surface area contributed by atoms with E-state index in [1.807, 2.05) is 0 Å². The average Bonchev–Trinajstić information content (AvgIpc) is 3.90. The third-order valence-corrected chi connectivity index (χ3v) is 10.2. The van der Waals surface area contributed by atoms with Gasteiger partial charge in [0.2, 0.25) is 10.0 Å². The van der Waals surface area contributed by atoms with E-state index in [1.54, 1.807) is 32.9 Å². The highest BCUT2D eigenvalue weighted by molar-refractivity contribution is 7.88. The third kappa shape index (κ3) is 7.73. The first-order valence-corrected chi connectivity index (χ1v) is 18.9. The van der Waals surface area contributed by atoms with E-state index in [2.05, 4.69) is 24.9 Å². The number of nitrogens with one attached hydrogen (secondary N) is 2. The number of hydrogen-bond donors (Lipinski definition) is 3. The molecule has 3 fully saturated rings. The van der Waals surface area contributed by atoms with E-state index in [0.717, 1.165) is 19.1 Å². The van der Waals surface area contributed by atoms with Crippen molar-refractivity contribution in [2.45, 2.75) is 88.5 Å². The smallest absolute Gasteiger partial charge is 0.459 e. The SMILES string of the molecule is CC(C)OC(=O)C1(NP(=O)(OCC2C[C@@](C)(O)C(n3cnc4c(N(NS(C)(=O)=O)C5CC5)ncnc43)O2)Oc2ccc(Cl)cc2)CC1. The molecular formula is C28H37ClN7O9PS. The second-order valence-corrected chi connectivity index (χ2v) is 16.5. The van der Waals surface area contributed by atoms with E-state index in [-0.39, 0.29) is 36.7 Å². The predicted molar refractivity (Wildman–Crippen MR) is 170 cm³/mol. The fraction of sp³-hybridized carbons (Fsp3) is 0.571. The average molecular weight is 714 g/mol. The molecule has 3 unspecified atom stereocenters. The molecule has 256 valence electrons. The third-order valence-electron chi connectivity index (χ3n) is 7.79. The summed E-state index contributed by atoms with van der Waals surface area (Å²) in [4.78, 5) is 28.5. The minimum Gasteiger partial charge on any atom is -0.462 e. The number of aromatic nitrogens is 4. The Morgan fingerprint density at radius 3 is 2.55 bits per heavy atom. The lowest BCUT2D eigenvalue weighted by Gasteiger charge is -2.26. The second kappa shape index (κ2) is 12.5. The first-order valence-electron chi connectivity index (χ1n) is 15.1. The van der Waals surface area contributed by atoms with Gasteiger partial charge in [-0.25, -0.2) is 27.9 Å². The molecule has 3 aliphatic rings. The van der Waals surface area contributed by atoms with Crippen LogP contribution in [0.4, 0.5) is 5.82 Å². The van der Waals surface area contributed by atoms with Crippen LogP contribution in [0.25, 0.3) is 11.2 Å². The van der Waals surface area contributed by atoms with Crippen LogP contribution in [-0.2, 0) is 33.4 Å². The van der Waals surface area contributed by atoms with E-state index in [9.17, 15) is 22.9 Å². The molecule has 2 aromatic heterocycles. The summed E-state index contributed by atoms with van der Waals surface area (Å²) in [7, 11) is -7.83. The van der Waals surface area contributed by atoms with Gasteiger partial charge < -0.3 is 19.1 Å². The molecule has 2 aliphatic carbocycles. The first-order chi connectivity index (χ1) is 22.1. The highest BCUT2D eigenvalue weighted by atomic mass is 35.5. The van der Waals surface area contributed by atoms with Crippen molar-refractivity contribution >= 4 is 52.3 Å². The highest BCUT2D eigenvalue weighted by Crippen LogP contribution is 2.53. The maximum absolute atomic E-state index is 14.2. The van der Waals surface area contributed by atoms with Crippen LogP contribution >= 0.6 is 19.3 Å². The van der Waals surface area contributed by atoms with Gasteiger partial charge in [0, 0.05) is 17.5 Å². The summed E-state index contributed by atoms with van der Waals surface area (Å²) in [5.74, 6) is -0.0894. The summed E-state index contributed by atoms with van der Waals surface area (Å²) < 4.78 is 63.2. The van der Waals surface area contributed by atoms with E-state index in [4.69, 9.17) is 30.1 Å². The summed E-state index contributed by atoms with van der Waals surface area (Å²) in [5, 5.41) is 16.2. The van der Waals surface area contributed by atoms with Gasteiger partial charge >= 0.3 is 13.7 Å². The molecule has 47 heavy (non-hydrogen) atoms. The summed E-state index contributed by atoms with van der Waals surface area (Å²) in [5.41, 5.74) is -2.07. The number of sulfonamides is 1. The lowest BCUT2D eigenvalue weighted by molar-refractivity contribution is -0.150. The molecule has 0 radical (unpaired) electrons. The number of fused-ring (bicyclic) bond motifs is 1. The number of ether oxygens (including phenoxy) is 2. The number of carbonyl (C=O) groups is 1. The Hall–Kier alpha value is -2.89. The molecule has 19 heteroatoms. The van der Waals surface area contributed by atoms with Crippen LogP contribution in [-0.4, -0.2) is 81.3 Å². The number of hydrazine groups is 1. The van der Waals surface area contributed by atoms with Gasteiger partial charge in [-0.15, -0.1) is 4.83 Å². The van der Waals surface area contributed by atoms with Crippen LogP contribution in [0.15, 0.2) is 36.9 Å². The Balaban J connectivity index is 1.21. The van der Waals surface area contributed by atoms with Gasteiger partial charge in [0.15, 0.2) is 23.2 Å². The Labute approximate surface area is 276 Å². The standard InChI is InChI=1S/C28H37ClN7O9PS/c1-17(2)43-26(37)28(11-12-28)33-46(39,45-20-9-5-18(29)6-10-20)42-14-21-13-27(3,38)25(44-21)35-16-32-22-23(35)30-15-31-24(22)36(19-7-8-19)34-47(4,40)41/h5-6,9-10,15-17,19,21,25,34,38H,7-8,11-14H2,1-4H3,(H,33,39)/t21?,25?,27-,46?/m1/s1. The Morgan fingerprint density at radius 1 is 1.23 bits per heavy atom. The molecule has 0 spiro atoms. The second-order valence-electron chi connectivity index (χ2n) is 12.6. The fourth-order valence-corrected chi connectivity index (χ4v) is 7.85. The molecule has 2 saturated carbocycles. The first kappa shape index (κ1) is 34.0. The lowest BCUT2D eigenvalue weighted by Crippen LogP contribution is -2.44. The zero-order valence-corrected chi connectivity index (χ0v) is 28.7. The molecule has 1 saturated heterocycles. The Bertz CT molecular complexity index is 1800. The number of hydrogen-bond acceptors (Lipinski definition) is 13. The zero-order chi connectivity index (χ0) is 33.8. The van der Waals surface area contributed by atoms with Crippen molar-refractivity contribution in [1.29, 1.82) is 0 Å². The van der Waals surface area contributed by atoms with E-state index >= 15 is 0 Å². The van der Waals surface area contributed by atoms with Gasteiger partial charge in [0.05, 0.1) is 31.4 Å². The molecule has 16 nitrogen and oxygen atoms in total. The van der Waals surface area contributed by atoms with Crippen LogP contribution in [0.3, 0.4) is 0 Å². The van der Waals surface area contributed by atoms with Crippen LogP contribution in [0.2, 0.25) is 5.02 Å². The molecule has 0 amide bonds. The molecule has 6 rings (SSSR count). The zero-order valence-electron chi connectivity index (χ0n) is 26.2. The van der Waals surface area contributed by atoms with Crippen molar-refractivity contribution < 1.29 is 41.4 Å². The molecule has 1 aliphatic heterocycles. The summed E-state index contributed by atoms with van der Waals surface area (Å²) in [6.07, 6.45) is 4.00. The van der Waals surface area contributed by atoms with Crippen molar-refractivity contribution in [1.82, 2.24) is 29.4 Å². The molecule has 3 heterocycles. The van der Waals surface area contributed by atoms with Crippen LogP contribution in [0.1, 0.15) is 59.1 Å². The quantitative estimate of drug-likeness (QED) is 0.125. The summed E-state index contributed by atoms with van der Waals surface area (Å²) in [6.45, 7) is 4.75. The number of nitrogens with zero attached hydrogens (tertiary/aromatic N) is 5. The van der Waals surface area contributed by atoms with Gasteiger partial charge in [-0.2, -0.15) is 5.09 Å². The summed E-state index contributed by atoms with van der Waals surface area (Å²) >= 11 is 6.00. The van der Waals surface area contributed by atoms with Gasteiger partial charge in [-0.05, 0) is 70.7 Å². The number of halogens is 1. The minimum absolute atomic E-state index is 0.0700. The van der Waals surface area contributed by atoms with Crippen LogP contribution < -0.4 is 19.5 Å². The number of anilines is 1. The molecule has 3 aromatic rings.